The Morgan fingerprint density at radius 2 is 1.43 bits per heavy atom. The zero-order valence-corrected chi connectivity index (χ0v) is 18.0. The summed E-state index contributed by atoms with van der Waals surface area (Å²) in [6.45, 7) is 0. The highest BCUT2D eigenvalue weighted by Gasteiger charge is 2.35. The predicted octanol–water partition coefficient (Wildman–Crippen LogP) is 8.10. The summed E-state index contributed by atoms with van der Waals surface area (Å²) in [6, 6.07) is 24.0. The van der Waals surface area contributed by atoms with Gasteiger partial charge in [0, 0.05) is 11.8 Å². The fourth-order valence-corrected chi connectivity index (χ4v) is 5.84. The quantitative estimate of drug-likeness (QED) is 0.435. The summed E-state index contributed by atoms with van der Waals surface area (Å²) in [4.78, 5) is 4.57. The molecule has 2 aliphatic carbocycles. The Morgan fingerprint density at radius 3 is 2.17 bits per heavy atom. The van der Waals surface area contributed by atoms with Gasteiger partial charge >= 0.3 is 0 Å². The van der Waals surface area contributed by atoms with Gasteiger partial charge in [0.15, 0.2) is 0 Å². The second kappa shape index (κ2) is 8.76. The van der Waals surface area contributed by atoms with Crippen LogP contribution in [0.15, 0.2) is 72.9 Å². The molecule has 0 aliphatic heterocycles. The van der Waals surface area contributed by atoms with Crippen LogP contribution in [0.4, 0.5) is 0 Å². The first-order chi connectivity index (χ1) is 14.8. The van der Waals surface area contributed by atoms with E-state index in [-0.39, 0.29) is 0 Å². The first-order valence-electron chi connectivity index (χ1n) is 11.9. The third-order valence-corrected chi connectivity index (χ3v) is 7.72. The SMILES string of the molecule is c1ccc(-c2cc(-c3ccc(CC4CCC5(CCCCC5)CC4)cc3)ccn2)cc1. The molecule has 30 heavy (non-hydrogen) atoms. The van der Waals surface area contributed by atoms with Crippen LogP contribution in [-0.4, -0.2) is 4.98 Å². The average Bonchev–Trinajstić information content (AvgIpc) is 2.82. The van der Waals surface area contributed by atoms with Crippen molar-refractivity contribution in [3.05, 3.63) is 78.5 Å². The number of benzene rings is 2. The van der Waals surface area contributed by atoms with E-state index < -0.39 is 0 Å². The van der Waals surface area contributed by atoms with Crippen molar-refractivity contribution in [1.29, 1.82) is 0 Å². The fraction of sp³-hybridized carbons (Fsp3) is 0.414. The first kappa shape index (κ1) is 19.5. The summed E-state index contributed by atoms with van der Waals surface area (Å²) in [6.07, 6.45) is 16.5. The number of nitrogens with zero attached hydrogens (tertiary/aromatic N) is 1. The number of rotatable bonds is 4. The highest BCUT2D eigenvalue weighted by atomic mass is 14.7. The molecule has 0 N–H and O–H groups in total. The monoisotopic (exact) mass is 395 g/mol. The largest absolute Gasteiger partial charge is 0.256 e. The van der Waals surface area contributed by atoms with Crippen LogP contribution < -0.4 is 0 Å². The molecule has 0 amide bonds. The standard InChI is InChI=1S/C29H33N/c1-3-7-26(8-4-1)28-22-27(15-20-30-28)25-11-9-23(10-12-25)21-24-13-18-29(19-14-24)16-5-2-6-17-29/h1,3-4,7-12,15,20,22,24H,2,5-6,13-14,16-19,21H2. The van der Waals surface area contributed by atoms with Gasteiger partial charge in [0.25, 0.3) is 0 Å². The highest BCUT2D eigenvalue weighted by molar-refractivity contribution is 5.70. The van der Waals surface area contributed by atoms with Crippen LogP contribution in [0.25, 0.3) is 22.4 Å². The topological polar surface area (TPSA) is 12.9 Å². The highest BCUT2D eigenvalue weighted by Crippen LogP contribution is 2.49. The molecule has 5 rings (SSSR count). The number of hydrogen-bond donors (Lipinski definition) is 0. The van der Waals surface area contributed by atoms with Gasteiger partial charge in [-0.2, -0.15) is 0 Å². The Bertz CT molecular complexity index is 941. The van der Waals surface area contributed by atoms with E-state index in [0.717, 1.165) is 17.0 Å². The Morgan fingerprint density at radius 1 is 0.700 bits per heavy atom. The Hall–Kier alpha value is -2.41. The number of hydrogen-bond acceptors (Lipinski definition) is 1. The molecule has 1 heteroatoms. The van der Waals surface area contributed by atoms with Crippen molar-refractivity contribution >= 4 is 0 Å². The fourth-order valence-electron chi connectivity index (χ4n) is 5.84. The van der Waals surface area contributed by atoms with E-state index in [4.69, 9.17) is 0 Å². The van der Waals surface area contributed by atoms with Crippen LogP contribution >= 0.6 is 0 Å². The molecule has 0 unspecified atom stereocenters. The molecular formula is C29H33N. The van der Waals surface area contributed by atoms with E-state index in [9.17, 15) is 0 Å². The Labute approximate surface area is 181 Å². The second-order valence-electron chi connectivity index (χ2n) is 9.70. The minimum Gasteiger partial charge on any atom is -0.256 e. The van der Waals surface area contributed by atoms with Crippen LogP contribution in [0, 0.1) is 11.3 Å². The molecule has 0 saturated heterocycles. The molecule has 2 fully saturated rings. The molecule has 0 atom stereocenters. The van der Waals surface area contributed by atoms with Crippen LogP contribution in [0.3, 0.4) is 0 Å². The molecule has 1 nitrogen and oxygen atoms in total. The maximum Gasteiger partial charge on any atom is 0.0708 e. The molecule has 0 bridgehead atoms. The molecule has 2 aromatic carbocycles. The van der Waals surface area contributed by atoms with E-state index in [2.05, 4.69) is 65.6 Å². The van der Waals surface area contributed by atoms with Crippen LogP contribution in [0.2, 0.25) is 0 Å². The number of aromatic nitrogens is 1. The van der Waals surface area contributed by atoms with Crippen LogP contribution in [0.5, 0.6) is 0 Å². The van der Waals surface area contributed by atoms with Gasteiger partial charge in [0.2, 0.25) is 0 Å². The van der Waals surface area contributed by atoms with Gasteiger partial charge in [0.1, 0.15) is 0 Å². The number of pyridine rings is 1. The van der Waals surface area contributed by atoms with Gasteiger partial charge in [0.05, 0.1) is 5.69 Å². The second-order valence-corrected chi connectivity index (χ2v) is 9.70. The van der Waals surface area contributed by atoms with Crippen molar-refractivity contribution in [2.24, 2.45) is 11.3 Å². The molecular weight excluding hydrogens is 362 g/mol. The lowest BCUT2D eigenvalue weighted by atomic mass is 9.63. The molecule has 154 valence electrons. The van der Waals surface area contributed by atoms with E-state index in [1.165, 1.54) is 86.5 Å². The minimum absolute atomic E-state index is 0.733. The first-order valence-corrected chi connectivity index (χ1v) is 11.9. The summed E-state index contributed by atoms with van der Waals surface area (Å²) in [5, 5.41) is 0. The molecule has 1 spiro atoms. The summed E-state index contributed by atoms with van der Waals surface area (Å²) in [5.74, 6) is 0.883. The lowest BCUT2D eigenvalue weighted by Crippen LogP contribution is -2.30. The van der Waals surface area contributed by atoms with Crippen molar-refractivity contribution in [3.63, 3.8) is 0 Å². The van der Waals surface area contributed by atoms with Gasteiger partial charge in [-0.3, -0.25) is 4.98 Å². The summed E-state index contributed by atoms with van der Waals surface area (Å²) in [5.41, 5.74) is 6.97. The van der Waals surface area contributed by atoms with Gasteiger partial charge in [-0.15, -0.1) is 0 Å². The van der Waals surface area contributed by atoms with E-state index in [0.29, 0.717) is 0 Å². The summed E-state index contributed by atoms with van der Waals surface area (Å²) < 4.78 is 0. The molecule has 1 aromatic heterocycles. The van der Waals surface area contributed by atoms with Crippen LogP contribution in [-0.2, 0) is 6.42 Å². The Kier molecular flexibility index (Phi) is 5.71. The van der Waals surface area contributed by atoms with Gasteiger partial charge in [-0.1, -0.05) is 73.9 Å². The molecule has 2 aliphatic rings. The average molecular weight is 396 g/mol. The third kappa shape index (κ3) is 4.36. The van der Waals surface area contributed by atoms with Crippen molar-refractivity contribution in [3.8, 4) is 22.4 Å². The van der Waals surface area contributed by atoms with Gasteiger partial charge in [-0.25, -0.2) is 0 Å². The zero-order chi connectivity index (χ0) is 20.2. The van der Waals surface area contributed by atoms with Crippen LogP contribution in [0.1, 0.15) is 63.4 Å². The maximum atomic E-state index is 4.57. The maximum absolute atomic E-state index is 4.57. The van der Waals surface area contributed by atoms with Gasteiger partial charge in [-0.05, 0) is 85.1 Å². The molecule has 1 heterocycles. The normalized spacial score (nSPS) is 19.1. The van der Waals surface area contributed by atoms with Crippen molar-refractivity contribution in [2.45, 2.75) is 64.2 Å². The third-order valence-electron chi connectivity index (χ3n) is 7.72. The van der Waals surface area contributed by atoms with Crippen molar-refractivity contribution in [2.75, 3.05) is 0 Å². The Balaban J connectivity index is 1.23. The molecule has 3 aromatic rings. The summed E-state index contributed by atoms with van der Waals surface area (Å²) in [7, 11) is 0. The molecule has 0 radical (unpaired) electrons. The van der Waals surface area contributed by atoms with E-state index in [1.807, 2.05) is 12.3 Å². The van der Waals surface area contributed by atoms with Crippen molar-refractivity contribution in [1.82, 2.24) is 4.98 Å². The van der Waals surface area contributed by atoms with Gasteiger partial charge < -0.3 is 0 Å². The van der Waals surface area contributed by atoms with E-state index >= 15 is 0 Å². The predicted molar refractivity (Wildman–Crippen MR) is 126 cm³/mol. The molecule has 2 saturated carbocycles. The minimum atomic E-state index is 0.733. The lowest BCUT2D eigenvalue weighted by Gasteiger charge is -2.43. The summed E-state index contributed by atoms with van der Waals surface area (Å²) >= 11 is 0. The van der Waals surface area contributed by atoms with E-state index in [1.54, 1.807) is 0 Å². The lowest BCUT2D eigenvalue weighted by molar-refractivity contribution is 0.0970. The zero-order valence-electron chi connectivity index (χ0n) is 18.0. The smallest absolute Gasteiger partial charge is 0.0708 e. The van der Waals surface area contributed by atoms with Crippen molar-refractivity contribution < 1.29 is 0 Å².